The number of rotatable bonds is 9. The van der Waals surface area contributed by atoms with Gasteiger partial charge in [0, 0.05) is 22.7 Å². The Bertz CT molecular complexity index is 2070. The average Bonchev–Trinajstić information content (AvgIpc) is 3.09. The van der Waals surface area contributed by atoms with Gasteiger partial charge in [-0.05, 0) is 42.5 Å². The van der Waals surface area contributed by atoms with Crippen molar-refractivity contribution in [3.63, 3.8) is 0 Å². The predicted molar refractivity (Wildman–Crippen MR) is 165 cm³/mol. The molecule has 0 unspecified atom stereocenters. The van der Waals surface area contributed by atoms with Gasteiger partial charge in [-0.25, -0.2) is 0 Å². The summed E-state index contributed by atoms with van der Waals surface area (Å²) >= 11 is 0. The highest BCUT2D eigenvalue weighted by atomic mass is 19.4. The van der Waals surface area contributed by atoms with Gasteiger partial charge in [0.25, 0.3) is 0 Å². The van der Waals surface area contributed by atoms with Crippen LogP contribution in [0.4, 0.5) is 153 Å². The van der Waals surface area contributed by atoms with Gasteiger partial charge in [-0.1, -0.05) is 12.1 Å². The van der Waals surface area contributed by atoms with Crippen LogP contribution in [-0.4, -0.2) is 54.1 Å². The predicted octanol–water partition coefficient (Wildman–Crippen LogP) is 11.3. The number of nitrogen functional groups attached to an aromatic ring is 6. The minimum absolute atomic E-state index is 0.107. The van der Waals surface area contributed by atoms with Gasteiger partial charge in [0.15, 0.2) is 0 Å². The Morgan fingerprint density at radius 1 is 0.270 bits per heavy atom. The zero-order valence-corrected chi connectivity index (χ0v) is 29.4. The Kier molecular flexibility index (Phi) is 14.7. The lowest BCUT2D eigenvalue weighted by Gasteiger charge is -2.40. The number of hydrogen-bond acceptors (Lipinski definition) is 6. The fourth-order valence-electron chi connectivity index (χ4n) is 4.18. The Morgan fingerprint density at radius 2 is 0.571 bits per heavy atom. The summed E-state index contributed by atoms with van der Waals surface area (Å²) < 4.78 is 345. The topological polar surface area (TPSA) is 156 Å². The lowest BCUT2D eigenvalue weighted by molar-refractivity contribution is -0.441. The third kappa shape index (κ3) is 9.44. The smallest absolute Gasteiger partial charge is 0.399 e. The number of hydrogen-bond donors (Lipinski definition) is 6. The molecule has 0 saturated heterocycles. The summed E-state index contributed by atoms with van der Waals surface area (Å²) in [6, 6.07) is 5.22. The van der Waals surface area contributed by atoms with Crippen LogP contribution in [0.5, 0.6) is 0 Å². The maximum Gasteiger partial charge on any atom is 0.460 e. The van der Waals surface area contributed by atoms with E-state index in [-0.39, 0.29) is 17.8 Å². The number of nitrogens with two attached hydrogens (primary N) is 6. The molecular weight excluding hydrogens is 957 g/mol. The van der Waals surface area contributed by atoms with E-state index >= 15 is 0 Å². The monoisotopic (exact) mass is 978 g/mol. The van der Waals surface area contributed by atoms with Gasteiger partial charge in [-0.3, -0.25) is 0 Å². The average molecular weight is 978 g/mol. The maximum atomic E-state index is 13.9. The standard InChI is InChI=1S/C12H7F13N2.C10H7F9N2.C8H7F5N2/c13-7(14,5-3-4(26)1-2-6(5)27)8(15,16)9(17,18)10(19,20)11(21,22)12(23,24)25;11-7(12,5-3-4(20)1-2-6(5)21)8(13,14)9(15,16)10(17,18)19;9-7(10,8(11,12)13)4-2-1-3-5(14)6(4)15/h1-3H,26-27H2;1-3H,20-21H2;1-3H,14-15H2. The van der Waals surface area contributed by atoms with Crippen LogP contribution in [0.3, 0.4) is 0 Å². The molecule has 3 rings (SSSR count). The van der Waals surface area contributed by atoms with Crippen molar-refractivity contribution in [2.24, 2.45) is 0 Å². The molecule has 3 aromatic carbocycles. The van der Waals surface area contributed by atoms with Gasteiger partial charge in [0.2, 0.25) is 0 Å². The molecule has 3 aromatic rings. The van der Waals surface area contributed by atoms with Crippen LogP contribution >= 0.6 is 0 Å². The van der Waals surface area contributed by atoms with E-state index in [0.717, 1.165) is 18.2 Å². The number of halogens is 27. The molecular formula is C30H21F27N6. The normalized spacial score (nSPS) is 14.3. The van der Waals surface area contributed by atoms with E-state index in [0.29, 0.717) is 24.3 Å². The van der Waals surface area contributed by atoms with Crippen LogP contribution in [0.25, 0.3) is 0 Å². The van der Waals surface area contributed by atoms with Crippen LogP contribution < -0.4 is 34.4 Å². The Balaban J connectivity index is 0.000000492. The molecule has 12 N–H and O–H groups in total. The van der Waals surface area contributed by atoms with E-state index in [1.54, 1.807) is 0 Å². The number of benzene rings is 3. The molecule has 33 heteroatoms. The summed E-state index contributed by atoms with van der Waals surface area (Å²) in [5.74, 6) is -62.1. The first-order valence-electron chi connectivity index (χ1n) is 15.1. The van der Waals surface area contributed by atoms with Gasteiger partial charge in [0.05, 0.1) is 28.1 Å². The molecule has 0 bridgehead atoms. The molecule has 0 heterocycles. The largest absolute Gasteiger partial charge is 0.460 e. The van der Waals surface area contributed by atoms with Crippen molar-refractivity contribution < 1.29 is 119 Å². The van der Waals surface area contributed by atoms with Crippen LogP contribution in [0, 0.1) is 0 Å². The van der Waals surface area contributed by atoms with Crippen LogP contribution in [-0.2, 0) is 17.8 Å². The number of para-hydroxylation sites is 1. The second-order valence-corrected chi connectivity index (χ2v) is 12.2. The fraction of sp³-hybridized carbons (Fsp3) is 0.400. The summed E-state index contributed by atoms with van der Waals surface area (Å²) in [5, 5.41) is 0. The lowest BCUT2D eigenvalue weighted by Crippen LogP contribution is -2.69. The molecule has 0 amide bonds. The molecule has 0 radical (unpaired) electrons. The van der Waals surface area contributed by atoms with Gasteiger partial charge in [-0.15, -0.1) is 0 Å². The van der Waals surface area contributed by atoms with Crippen molar-refractivity contribution in [2.45, 2.75) is 71.8 Å². The first-order valence-corrected chi connectivity index (χ1v) is 15.1. The molecule has 0 atom stereocenters. The first kappa shape index (κ1) is 55.6. The van der Waals surface area contributed by atoms with Crippen molar-refractivity contribution >= 4 is 34.1 Å². The second kappa shape index (κ2) is 16.6. The SMILES string of the molecule is Nc1ccc(N)c(C(F)(F)C(F)(F)C(F)(F)C(F)(F)C(F)(F)C(F)(F)F)c1.Nc1ccc(N)c(C(F)(F)C(F)(F)C(F)(F)C(F)(F)F)c1.Nc1cccc(C(F)(F)C(F)(F)F)c1N. The molecule has 63 heavy (non-hydrogen) atoms. The van der Waals surface area contributed by atoms with Crippen molar-refractivity contribution in [3.8, 4) is 0 Å². The Hall–Kier alpha value is -5.43. The maximum absolute atomic E-state index is 13.9. The van der Waals surface area contributed by atoms with Crippen molar-refractivity contribution in [1.82, 2.24) is 0 Å². The van der Waals surface area contributed by atoms with Crippen LogP contribution in [0.2, 0.25) is 0 Å². The van der Waals surface area contributed by atoms with E-state index in [4.69, 9.17) is 34.4 Å². The Morgan fingerprint density at radius 3 is 0.889 bits per heavy atom. The fourth-order valence-corrected chi connectivity index (χ4v) is 4.18. The minimum atomic E-state index is -7.96. The van der Waals surface area contributed by atoms with Crippen molar-refractivity contribution in [2.75, 3.05) is 34.4 Å². The second-order valence-electron chi connectivity index (χ2n) is 12.2. The van der Waals surface area contributed by atoms with E-state index < -0.39 is 117 Å². The molecule has 0 aliphatic carbocycles. The zero-order chi connectivity index (χ0) is 50.6. The van der Waals surface area contributed by atoms with E-state index in [1.807, 2.05) is 0 Å². The number of anilines is 6. The van der Waals surface area contributed by atoms with Crippen LogP contribution in [0.15, 0.2) is 54.6 Å². The van der Waals surface area contributed by atoms with Gasteiger partial charge in [-0.2, -0.15) is 119 Å². The minimum Gasteiger partial charge on any atom is -0.399 e. The van der Waals surface area contributed by atoms with E-state index in [9.17, 15) is 119 Å². The highest BCUT2D eigenvalue weighted by Crippen LogP contribution is 2.63. The van der Waals surface area contributed by atoms with Gasteiger partial charge < -0.3 is 34.4 Å². The highest BCUT2D eigenvalue weighted by molar-refractivity contribution is 5.68. The molecule has 0 spiro atoms. The summed E-state index contributed by atoms with van der Waals surface area (Å²) in [4.78, 5) is 0. The number of alkyl halides is 27. The summed E-state index contributed by atoms with van der Waals surface area (Å²) in [6.45, 7) is 0. The molecule has 0 aromatic heterocycles. The lowest BCUT2D eigenvalue weighted by atomic mass is 9.90. The molecule has 360 valence electrons. The van der Waals surface area contributed by atoms with Crippen LogP contribution in [0.1, 0.15) is 16.7 Å². The quantitative estimate of drug-likeness (QED) is 0.0926. The zero-order valence-electron chi connectivity index (χ0n) is 29.4. The van der Waals surface area contributed by atoms with Crippen molar-refractivity contribution in [3.05, 3.63) is 71.3 Å². The molecule has 0 aliphatic rings. The Labute approximate surface area is 330 Å². The summed E-state index contributed by atoms with van der Waals surface area (Å²) in [7, 11) is 0. The molecule has 0 fully saturated rings. The first-order chi connectivity index (χ1) is 27.5. The van der Waals surface area contributed by atoms with Gasteiger partial charge in [0.1, 0.15) is 0 Å². The molecule has 0 aliphatic heterocycles. The van der Waals surface area contributed by atoms with E-state index in [2.05, 4.69) is 0 Å². The third-order valence-corrected chi connectivity index (χ3v) is 7.74. The van der Waals surface area contributed by atoms with Crippen molar-refractivity contribution in [1.29, 1.82) is 0 Å². The third-order valence-electron chi connectivity index (χ3n) is 7.74. The summed E-state index contributed by atoms with van der Waals surface area (Å²) in [5.41, 5.74) is 19.5. The summed E-state index contributed by atoms with van der Waals surface area (Å²) in [6.07, 6.45) is -20.0. The molecule has 6 nitrogen and oxygen atoms in total. The van der Waals surface area contributed by atoms with Gasteiger partial charge >= 0.3 is 71.8 Å². The molecule has 0 saturated carbocycles. The van der Waals surface area contributed by atoms with E-state index in [1.165, 1.54) is 0 Å². The highest BCUT2D eigenvalue weighted by Gasteiger charge is 2.91.